The number of para-hydroxylation sites is 6. The Hall–Kier alpha value is -11.2. The molecule has 0 bridgehead atoms. The van der Waals surface area contributed by atoms with Gasteiger partial charge in [-0.25, -0.2) is 0 Å². The summed E-state index contributed by atoms with van der Waals surface area (Å²) in [6, 6.07) is 96.8. The number of nitrogens with zero attached hydrogens (tertiary/aromatic N) is 6. The van der Waals surface area contributed by atoms with Crippen LogP contribution in [0.3, 0.4) is 0 Å². The Kier molecular flexibility index (Phi) is 9.42. The molecule has 83 heavy (non-hydrogen) atoms. The first kappa shape index (κ1) is 45.6. The van der Waals surface area contributed by atoms with Crippen LogP contribution in [0.15, 0.2) is 255 Å². The van der Waals surface area contributed by atoms with Crippen molar-refractivity contribution in [3.63, 3.8) is 0 Å². The van der Waals surface area contributed by atoms with Gasteiger partial charge in [-0.15, -0.1) is 11.3 Å². The molecular formula is C76H42N6S. The summed E-state index contributed by atoms with van der Waals surface area (Å²) < 4.78 is 11.6. The van der Waals surface area contributed by atoms with Gasteiger partial charge in [0, 0.05) is 58.6 Å². The molecule has 13 aromatic carbocycles. The highest BCUT2D eigenvalue weighted by molar-refractivity contribution is 7.26. The van der Waals surface area contributed by atoms with Crippen LogP contribution in [-0.4, -0.2) is 18.3 Å². The van der Waals surface area contributed by atoms with Crippen LogP contribution in [0.5, 0.6) is 0 Å². The van der Waals surface area contributed by atoms with Gasteiger partial charge in [0.05, 0.1) is 71.6 Å². The molecule has 18 aromatic rings. The van der Waals surface area contributed by atoms with Crippen LogP contribution in [0.4, 0.5) is 0 Å². The maximum absolute atomic E-state index is 12.7. The van der Waals surface area contributed by atoms with Gasteiger partial charge in [0.15, 0.2) is 0 Å². The summed E-state index contributed by atoms with van der Waals surface area (Å²) in [5.74, 6) is 0. The molecule has 0 amide bonds. The van der Waals surface area contributed by atoms with Gasteiger partial charge in [-0.05, 0) is 87.3 Å². The third-order valence-electron chi connectivity index (χ3n) is 17.6. The molecule has 0 unspecified atom stereocenters. The molecule has 0 saturated carbocycles. The molecule has 6 nitrogen and oxygen atoms in total. The Morgan fingerprint density at radius 3 is 1.24 bits per heavy atom. The van der Waals surface area contributed by atoms with Crippen molar-refractivity contribution < 1.29 is 0 Å². The number of fused-ring (bicyclic) bond motifs is 19. The molecule has 18 rings (SSSR count). The lowest BCUT2D eigenvalue weighted by Gasteiger charge is -2.27. The van der Waals surface area contributed by atoms with Crippen LogP contribution in [-0.2, 0) is 0 Å². The van der Waals surface area contributed by atoms with Crippen molar-refractivity contribution >= 4 is 140 Å². The number of hydrogen-bond acceptors (Lipinski definition) is 3. The molecule has 0 saturated heterocycles. The van der Waals surface area contributed by atoms with Crippen LogP contribution in [0.1, 0.15) is 11.1 Å². The first-order valence-electron chi connectivity index (χ1n) is 28.0. The number of aromatic nitrogens is 4. The Bertz CT molecular complexity index is 5670. The fourth-order valence-electron chi connectivity index (χ4n) is 14.3. The van der Waals surface area contributed by atoms with Crippen LogP contribution in [0.2, 0.25) is 0 Å². The number of hydrogen-bond donors (Lipinski definition) is 0. The van der Waals surface area contributed by atoms with Crippen molar-refractivity contribution in [2.75, 3.05) is 0 Å². The van der Waals surface area contributed by atoms with Gasteiger partial charge >= 0.3 is 0 Å². The van der Waals surface area contributed by atoms with E-state index in [1.54, 1.807) is 11.3 Å². The maximum atomic E-state index is 12.7. The van der Waals surface area contributed by atoms with E-state index in [2.05, 4.69) is 285 Å². The van der Waals surface area contributed by atoms with Crippen molar-refractivity contribution in [1.82, 2.24) is 18.3 Å². The molecule has 0 aliphatic heterocycles. The first-order chi connectivity index (χ1) is 41.2. The fraction of sp³-hybridized carbons (Fsp3) is 0. The molecule has 0 aliphatic carbocycles. The molecule has 0 atom stereocenters. The van der Waals surface area contributed by atoms with Crippen molar-refractivity contribution in [1.29, 1.82) is 10.5 Å². The van der Waals surface area contributed by atoms with Gasteiger partial charge in [-0.2, -0.15) is 10.5 Å². The third-order valence-corrected chi connectivity index (χ3v) is 18.8. The number of rotatable bonds is 5. The fourth-order valence-corrected chi connectivity index (χ4v) is 15.5. The van der Waals surface area contributed by atoms with E-state index in [0.29, 0.717) is 28.2 Å². The summed E-state index contributed by atoms with van der Waals surface area (Å²) in [7, 11) is 0. The van der Waals surface area contributed by atoms with E-state index >= 15 is 0 Å². The van der Waals surface area contributed by atoms with Crippen LogP contribution >= 0.6 is 11.3 Å². The lowest BCUT2D eigenvalue weighted by atomic mass is 9.93. The summed E-state index contributed by atoms with van der Waals surface area (Å²) in [6.45, 7) is 0. The average Bonchev–Trinajstić information content (AvgIpc) is 1.93. The van der Waals surface area contributed by atoms with E-state index in [1.807, 2.05) is 0 Å². The van der Waals surface area contributed by atoms with E-state index in [1.165, 1.54) is 31.6 Å². The summed E-state index contributed by atoms with van der Waals surface area (Å²) in [5, 5.41) is 40.9. The quantitative estimate of drug-likeness (QED) is 0.161. The summed E-state index contributed by atoms with van der Waals surface area (Å²) >= 11 is 1.79. The van der Waals surface area contributed by atoms with E-state index in [-0.39, 0.29) is 0 Å². The van der Waals surface area contributed by atoms with Gasteiger partial charge in [0.25, 0.3) is 0 Å². The predicted octanol–water partition coefficient (Wildman–Crippen LogP) is 20.2. The minimum atomic E-state index is 0.372. The molecule has 0 spiro atoms. The van der Waals surface area contributed by atoms with Gasteiger partial charge in [-0.3, -0.25) is 0 Å². The smallest absolute Gasteiger partial charge is 0.104 e. The Balaban J connectivity index is 1.13. The zero-order valence-corrected chi connectivity index (χ0v) is 45.2. The standard InChI is InChI=1S/C76H42N6S/c77-43-60-71(79-62-29-10-3-21-50(62)51-22-4-11-30-63(51)79)61(44-78)73(81-66-33-14-7-25-54(66)55-26-8-15-34-67(55)81)75(72(60)80-64-31-12-5-23-52(64)53-24-6-13-32-65(53)80)82-68-41-38-47(49-28-17-19-46-37-36-45-18-1-2-20-48(45)70(46)49)42-59(68)57-39-40-58-56-27-9-16-35-69(56)83-76(58)74(57)82/h1-42H. The van der Waals surface area contributed by atoms with E-state index in [0.717, 1.165) is 114 Å². The highest BCUT2D eigenvalue weighted by atomic mass is 32.1. The third kappa shape index (κ3) is 6.13. The largest absolute Gasteiger partial charge is 0.306 e. The summed E-state index contributed by atoms with van der Waals surface area (Å²) in [6.07, 6.45) is 0. The molecule has 5 heterocycles. The van der Waals surface area contributed by atoms with Crippen LogP contribution in [0.25, 0.3) is 163 Å². The van der Waals surface area contributed by atoms with Crippen LogP contribution < -0.4 is 0 Å². The second kappa shape index (κ2) is 17.1. The van der Waals surface area contributed by atoms with Crippen molar-refractivity contribution in [3.05, 3.63) is 266 Å². The van der Waals surface area contributed by atoms with E-state index < -0.39 is 0 Å². The molecule has 0 N–H and O–H groups in total. The SMILES string of the molecule is N#Cc1c(-n2c3ccccc3c3ccccc32)c(C#N)c(-n2c3ccccc3c3ccccc32)c(-n2c3ccc(-c4cccc5ccc6ccccc6c45)cc3c3ccc4c5ccccc5sc4c32)c1-n1c2ccccc2c2ccccc21. The summed E-state index contributed by atoms with van der Waals surface area (Å²) in [4.78, 5) is 0. The topological polar surface area (TPSA) is 67.3 Å². The minimum Gasteiger partial charge on any atom is -0.306 e. The Labute approximate surface area is 478 Å². The zero-order valence-electron chi connectivity index (χ0n) is 44.3. The zero-order chi connectivity index (χ0) is 54.6. The van der Waals surface area contributed by atoms with Crippen LogP contribution in [0, 0.1) is 22.7 Å². The molecular weight excluding hydrogens is 1030 g/mol. The number of benzene rings is 13. The molecule has 382 valence electrons. The van der Waals surface area contributed by atoms with E-state index in [4.69, 9.17) is 0 Å². The second-order valence-corrected chi connectivity index (χ2v) is 22.7. The van der Waals surface area contributed by atoms with E-state index in [9.17, 15) is 10.5 Å². The number of nitriles is 2. The molecule has 0 radical (unpaired) electrons. The molecule has 5 aromatic heterocycles. The molecule has 7 heteroatoms. The van der Waals surface area contributed by atoms with Gasteiger partial charge < -0.3 is 18.3 Å². The van der Waals surface area contributed by atoms with Gasteiger partial charge in [-0.1, -0.05) is 200 Å². The normalized spacial score (nSPS) is 12.1. The van der Waals surface area contributed by atoms with Crippen molar-refractivity contribution in [2.45, 2.75) is 0 Å². The minimum absolute atomic E-state index is 0.372. The summed E-state index contributed by atoms with van der Waals surface area (Å²) in [5.41, 5.74) is 13.1. The maximum Gasteiger partial charge on any atom is 0.104 e. The van der Waals surface area contributed by atoms with Gasteiger partial charge in [0.2, 0.25) is 0 Å². The lowest BCUT2D eigenvalue weighted by molar-refractivity contribution is 1.02. The second-order valence-electron chi connectivity index (χ2n) is 21.7. The average molecular weight is 1070 g/mol. The number of thiophene rings is 1. The first-order valence-corrected chi connectivity index (χ1v) is 28.8. The monoisotopic (exact) mass is 1070 g/mol. The molecule has 0 aliphatic rings. The van der Waals surface area contributed by atoms with Gasteiger partial charge in [0.1, 0.15) is 23.3 Å². The lowest BCUT2D eigenvalue weighted by Crippen LogP contribution is -2.17. The Morgan fingerprint density at radius 1 is 0.289 bits per heavy atom. The van der Waals surface area contributed by atoms with Crippen molar-refractivity contribution in [3.8, 4) is 46.0 Å². The highest BCUT2D eigenvalue weighted by Gasteiger charge is 2.35. The van der Waals surface area contributed by atoms with Crippen molar-refractivity contribution in [2.24, 2.45) is 0 Å². The Morgan fingerprint density at radius 2 is 0.711 bits per heavy atom. The highest BCUT2D eigenvalue weighted by Crippen LogP contribution is 2.51. The predicted molar refractivity (Wildman–Crippen MR) is 347 cm³/mol. The molecule has 0 fully saturated rings.